The molecule has 1 unspecified atom stereocenters. The average molecular weight is 298 g/mol. The Morgan fingerprint density at radius 2 is 1.91 bits per heavy atom. The SMILES string of the molecule is Cc1ccc(NC(=O)CC(C)c2ccccc2)cc1[N+](=O)[O-]. The van der Waals surface area contributed by atoms with Gasteiger partial charge in [-0.1, -0.05) is 43.3 Å². The van der Waals surface area contributed by atoms with Gasteiger partial charge in [-0.15, -0.1) is 0 Å². The fraction of sp³-hybridized carbons (Fsp3) is 0.235. The van der Waals surface area contributed by atoms with E-state index in [0.29, 0.717) is 17.7 Å². The van der Waals surface area contributed by atoms with E-state index in [-0.39, 0.29) is 17.5 Å². The van der Waals surface area contributed by atoms with Crippen molar-refractivity contribution in [3.05, 3.63) is 69.8 Å². The van der Waals surface area contributed by atoms with Gasteiger partial charge in [0.25, 0.3) is 5.69 Å². The third-order valence-corrected chi connectivity index (χ3v) is 3.55. The number of hydrogen-bond donors (Lipinski definition) is 1. The lowest BCUT2D eigenvalue weighted by atomic mass is 9.97. The number of carbonyl (C=O) groups excluding carboxylic acids is 1. The van der Waals surface area contributed by atoms with E-state index in [1.165, 1.54) is 6.07 Å². The third-order valence-electron chi connectivity index (χ3n) is 3.55. The van der Waals surface area contributed by atoms with Crippen LogP contribution >= 0.6 is 0 Å². The van der Waals surface area contributed by atoms with Gasteiger partial charge >= 0.3 is 0 Å². The zero-order chi connectivity index (χ0) is 16.1. The first-order valence-corrected chi connectivity index (χ1v) is 7.07. The molecule has 1 N–H and O–H groups in total. The molecule has 1 amide bonds. The molecular weight excluding hydrogens is 280 g/mol. The molecule has 0 aliphatic rings. The molecule has 1 atom stereocenters. The Morgan fingerprint density at radius 1 is 1.23 bits per heavy atom. The second-order valence-electron chi connectivity index (χ2n) is 5.32. The van der Waals surface area contributed by atoms with Crippen molar-refractivity contribution in [3.8, 4) is 0 Å². The van der Waals surface area contributed by atoms with Crippen molar-refractivity contribution in [2.45, 2.75) is 26.2 Å². The summed E-state index contributed by atoms with van der Waals surface area (Å²) in [6, 6.07) is 14.5. The van der Waals surface area contributed by atoms with E-state index >= 15 is 0 Å². The van der Waals surface area contributed by atoms with Crippen LogP contribution in [0.2, 0.25) is 0 Å². The lowest BCUT2D eigenvalue weighted by molar-refractivity contribution is -0.385. The van der Waals surface area contributed by atoms with Crippen LogP contribution in [0.3, 0.4) is 0 Å². The van der Waals surface area contributed by atoms with E-state index in [2.05, 4.69) is 5.32 Å². The molecule has 2 aromatic carbocycles. The largest absolute Gasteiger partial charge is 0.326 e. The molecule has 114 valence electrons. The Kier molecular flexibility index (Phi) is 4.88. The molecule has 0 saturated heterocycles. The maximum Gasteiger partial charge on any atom is 0.274 e. The number of nitro benzene ring substituents is 1. The molecule has 0 fully saturated rings. The molecule has 0 aromatic heterocycles. The van der Waals surface area contributed by atoms with Gasteiger partial charge in [0.1, 0.15) is 0 Å². The molecule has 0 radical (unpaired) electrons. The maximum absolute atomic E-state index is 12.1. The number of nitro groups is 1. The molecule has 2 rings (SSSR count). The number of aryl methyl sites for hydroxylation is 1. The molecule has 0 aliphatic carbocycles. The Hall–Kier alpha value is -2.69. The number of rotatable bonds is 5. The third kappa shape index (κ3) is 3.91. The molecule has 0 aliphatic heterocycles. The summed E-state index contributed by atoms with van der Waals surface area (Å²) in [5.74, 6) is -0.0730. The van der Waals surface area contributed by atoms with E-state index in [9.17, 15) is 14.9 Å². The number of hydrogen-bond acceptors (Lipinski definition) is 3. The van der Waals surface area contributed by atoms with Crippen molar-refractivity contribution >= 4 is 17.3 Å². The zero-order valence-corrected chi connectivity index (χ0v) is 12.6. The molecular formula is C17H18N2O3. The fourth-order valence-corrected chi connectivity index (χ4v) is 2.27. The Morgan fingerprint density at radius 3 is 2.55 bits per heavy atom. The van der Waals surface area contributed by atoms with Crippen molar-refractivity contribution in [1.82, 2.24) is 0 Å². The Labute approximate surface area is 129 Å². The highest BCUT2D eigenvalue weighted by atomic mass is 16.6. The average Bonchev–Trinajstić information content (AvgIpc) is 2.49. The molecule has 0 bridgehead atoms. The molecule has 5 heteroatoms. The van der Waals surface area contributed by atoms with Gasteiger partial charge in [-0.05, 0) is 24.5 Å². The highest BCUT2D eigenvalue weighted by Crippen LogP contribution is 2.23. The van der Waals surface area contributed by atoms with Gasteiger partial charge in [0.05, 0.1) is 4.92 Å². The van der Waals surface area contributed by atoms with Crippen molar-refractivity contribution < 1.29 is 9.72 Å². The Balaban J connectivity index is 2.03. The summed E-state index contributed by atoms with van der Waals surface area (Å²) in [5, 5.41) is 13.6. The second-order valence-corrected chi connectivity index (χ2v) is 5.32. The van der Waals surface area contributed by atoms with E-state index in [4.69, 9.17) is 0 Å². The van der Waals surface area contributed by atoms with Crippen LogP contribution in [0.25, 0.3) is 0 Å². The summed E-state index contributed by atoms with van der Waals surface area (Å²) in [6.07, 6.45) is 0.325. The molecule has 22 heavy (non-hydrogen) atoms. The van der Waals surface area contributed by atoms with Crippen molar-refractivity contribution in [2.75, 3.05) is 5.32 Å². The monoisotopic (exact) mass is 298 g/mol. The smallest absolute Gasteiger partial charge is 0.274 e. The normalized spacial score (nSPS) is 11.7. The van der Waals surface area contributed by atoms with E-state index in [0.717, 1.165) is 5.56 Å². The minimum Gasteiger partial charge on any atom is -0.326 e. The second kappa shape index (κ2) is 6.85. The van der Waals surface area contributed by atoms with E-state index in [1.54, 1.807) is 19.1 Å². The number of nitrogens with one attached hydrogen (secondary N) is 1. The lowest BCUT2D eigenvalue weighted by Crippen LogP contribution is -2.14. The maximum atomic E-state index is 12.1. The first-order valence-electron chi connectivity index (χ1n) is 7.07. The minimum atomic E-state index is -0.447. The quantitative estimate of drug-likeness (QED) is 0.669. The van der Waals surface area contributed by atoms with Crippen LogP contribution in [0.15, 0.2) is 48.5 Å². The predicted molar refractivity (Wildman–Crippen MR) is 85.9 cm³/mol. The van der Waals surface area contributed by atoms with Crippen LogP contribution < -0.4 is 5.32 Å². The lowest BCUT2D eigenvalue weighted by Gasteiger charge is -2.12. The van der Waals surface area contributed by atoms with Gasteiger partial charge in [-0.25, -0.2) is 0 Å². The molecule has 2 aromatic rings. The summed E-state index contributed by atoms with van der Waals surface area (Å²) in [4.78, 5) is 22.5. The summed E-state index contributed by atoms with van der Waals surface area (Å²) in [7, 11) is 0. The van der Waals surface area contributed by atoms with E-state index in [1.807, 2.05) is 37.3 Å². The van der Waals surface area contributed by atoms with Crippen LogP contribution in [-0.2, 0) is 4.79 Å². The molecule has 5 nitrogen and oxygen atoms in total. The van der Waals surface area contributed by atoms with Crippen molar-refractivity contribution in [3.63, 3.8) is 0 Å². The highest BCUT2D eigenvalue weighted by Gasteiger charge is 2.14. The van der Waals surface area contributed by atoms with Gasteiger partial charge in [0, 0.05) is 23.7 Å². The Bertz CT molecular complexity index is 684. The number of benzene rings is 2. The number of nitrogens with zero attached hydrogens (tertiary/aromatic N) is 1. The molecule has 0 heterocycles. The standard InChI is InChI=1S/C17H18N2O3/c1-12-8-9-15(11-16(12)19(21)22)18-17(20)10-13(2)14-6-4-3-5-7-14/h3-9,11,13H,10H2,1-2H3,(H,18,20). The van der Waals surface area contributed by atoms with Crippen molar-refractivity contribution in [1.29, 1.82) is 0 Å². The van der Waals surface area contributed by atoms with E-state index < -0.39 is 4.92 Å². The van der Waals surface area contributed by atoms with Gasteiger partial charge in [-0.3, -0.25) is 14.9 Å². The van der Waals surface area contributed by atoms with Crippen LogP contribution in [0, 0.1) is 17.0 Å². The molecule has 0 spiro atoms. The van der Waals surface area contributed by atoms with Crippen LogP contribution in [0.4, 0.5) is 11.4 Å². The first kappa shape index (κ1) is 15.7. The molecule has 0 saturated carbocycles. The van der Waals surface area contributed by atoms with Gasteiger partial charge in [-0.2, -0.15) is 0 Å². The van der Waals surface area contributed by atoms with Gasteiger partial charge < -0.3 is 5.32 Å². The van der Waals surface area contributed by atoms with Crippen LogP contribution in [0.1, 0.15) is 30.4 Å². The number of carbonyl (C=O) groups is 1. The van der Waals surface area contributed by atoms with Crippen LogP contribution in [-0.4, -0.2) is 10.8 Å². The van der Waals surface area contributed by atoms with Crippen molar-refractivity contribution in [2.24, 2.45) is 0 Å². The van der Waals surface area contributed by atoms with Gasteiger partial charge in [0.2, 0.25) is 5.91 Å². The summed E-state index contributed by atoms with van der Waals surface area (Å²) in [5.41, 5.74) is 2.12. The number of amides is 1. The van der Waals surface area contributed by atoms with Gasteiger partial charge in [0.15, 0.2) is 0 Å². The zero-order valence-electron chi connectivity index (χ0n) is 12.6. The fourth-order valence-electron chi connectivity index (χ4n) is 2.27. The topological polar surface area (TPSA) is 72.2 Å². The predicted octanol–water partition coefficient (Wildman–Crippen LogP) is 4.04. The summed E-state index contributed by atoms with van der Waals surface area (Å²) in [6.45, 7) is 3.65. The van der Waals surface area contributed by atoms with Crippen LogP contribution in [0.5, 0.6) is 0 Å². The summed E-state index contributed by atoms with van der Waals surface area (Å²) >= 11 is 0. The first-order chi connectivity index (χ1) is 10.5. The highest BCUT2D eigenvalue weighted by molar-refractivity contribution is 5.91. The summed E-state index contributed by atoms with van der Waals surface area (Å²) < 4.78 is 0. The minimum absolute atomic E-state index is 0.00825. The number of anilines is 1.